The number of hydrogen-bond acceptors (Lipinski definition) is 5. The quantitative estimate of drug-likeness (QED) is 0.454. The summed E-state index contributed by atoms with van der Waals surface area (Å²) in [5.41, 5.74) is 6.99. The van der Waals surface area contributed by atoms with E-state index >= 15 is 0 Å². The Kier molecular flexibility index (Phi) is 8.02. The lowest BCUT2D eigenvalue weighted by atomic mass is 10.2. The molecule has 1 aromatic rings. The van der Waals surface area contributed by atoms with E-state index in [4.69, 9.17) is 10.5 Å². The molecule has 3 nitrogen and oxygen atoms in total. The molecule has 1 atom stereocenters. The monoisotopic (exact) mass is 299 g/mol. The Morgan fingerprint density at radius 3 is 2.63 bits per heavy atom. The highest BCUT2D eigenvalue weighted by Gasteiger charge is 2.13. The first-order valence-electron chi connectivity index (χ1n) is 6.33. The molecule has 1 rings (SSSR count). The molecule has 0 aliphatic rings. The summed E-state index contributed by atoms with van der Waals surface area (Å²) in [7, 11) is 0. The van der Waals surface area contributed by atoms with Gasteiger partial charge in [-0.1, -0.05) is 17.7 Å². The van der Waals surface area contributed by atoms with Crippen LogP contribution in [0, 0.1) is 6.92 Å². The maximum Gasteiger partial charge on any atom is 0.323 e. The summed E-state index contributed by atoms with van der Waals surface area (Å²) in [6, 6.07) is 8.00. The zero-order valence-electron chi connectivity index (χ0n) is 11.4. The fourth-order valence-corrected chi connectivity index (χ4v) is 3.31. The second-order valence-corrected chi connectivity index (χ2v) is 6.41. The van der Waals surface area contributed by atoms with Gasteiger partial charge in [0.1, 0.15) is 6.04 Å². The summed E-state index contributed by atoms with van der Waals surface area (Å²) in [6.07, 6.45) is 0. The standard InChI is InChI=1S/C14H21NO2S2/c1-3-17-14(16)13(15)10-18-8-9-19-12-6-4-11(2)5-7-12/h4-7,13H,3,8-10,15H2,1-2H3. The van der Waals surface area contributed by atoms with Gasteiger partial charge in [-0.25, -0.2) is 0 Å². The molecule has 1 unspecified atom stereocenters. The van der Waals surface area contributed by atoms with Crippen molar-refractivity contribution in [2.45, 2.75) is 24.8 Å². The molecule has 0 aromatic heterocycles. The average molecular weight is 299 g/mol. The summed E-state index contributed by atoms with van der Waals surface area (Å²) in [5, 5.41) is 0. The van der Waals surface area contributed by atoms with E-state index in [1.165, 1.54) is 10.5 Å². The summed E-state index contributed by atoms with van der Waals surface area (Å²) in [5.74, 6) is 2.31. The van der Waals surface area contributed by atoms with Crippen molar-refractivity contribution < 1.29 is 9.53 Å². The first kappa shape index (κ1) is 16.4. The molecular formula is C14H21NO2S2. The van der Waals surface area contributed by atoms with E-state index in [0.717, 1.165) is 11.5 Å². The van der Waals surface area contributed by atoms with Gasteiger partial charge in [0.05, 0.1) is 6.61 Å². The van der Waals surface area contributed by atoms with E-state index in [2.05, 4.69) is 31.2 Å². The Morgan fingerprint density at radius 1 is 1.32 bits per heavy atom. The molecule has 0 saturated heterocycles. The van der Waals surface area contributed by atoms with Crippen molar-refractivity contribution in [3.63, 3.8) is 0 Å². The molecule has 0 bridgehead atoms. The third kappa shape index (κ3) is 6.89. The summed E-state index contributed by atoms with van der Waals surface area (Å²) >= 11 is 3.51. The SMILES string of the molecule is CCOC(=O)C(N)CSCCSc1ccc(C)cc1. The van der Waals surface area contributed by atoms with Crippen LogP contribution in [-0.2, 0) is 9.53 Å². The first-order chi connectivity index (χ1) is 9.13. The number of nitrogens with two attached hydrogens (primary N) is 1. The Labute approximate surface area is 123 Å². The largest absolute Gasteiger partial charge is 0.465 e. The molecular weight excluding hydrogens is 278 g/mol. The van der Waals surface area contributed by atoms with Crippen LogP contribution in [0.5, 0.6) is 0 Å². The highest BCUT2D eigenvalue weighted by atomic mass is 32.2. The number of carbonyl (C=O) groups excluding carboxylic acids is 1. The van der Waals surface area contributed by atoms with Gasteiger partial charge in [-0.3, -0.25) is 4.79 Å². The second kappa shape index (κ2) is 9.28. The van der Waals surface area contributed by atoms with E-state index in [9.17, 15) is 4.79 Å². The molecule has 0 saturated carbocycles. The average Bonchev–Trinajstić information content (AvgIpc) is 2.40. The molecule has 0 heterocycles. The highest BCUT2D eigenvalue weighted by molar-refractivity contribution is 8.03. The van der Waals surface area contributed by atoms with Crippen molar-refractivity contribution in [1.82, 2.24) is 0 Å². The molecule has 106 valence electrons. The summed E-state index contributed by atoms with van der Waals surface area (Å²) in [6.45, 7) is 4.26. The minimum atomic E-state index is -0.505. The molecule has 0 radical (unpaired) electrons. The topological polar surface area (TPSA) is 52.3 Å². The van der Waals surface area contributed by atoms with Crippen LogP contribution in [0.15, 0.2) is 29.2 Å². The zero-order chi connectivity index (χ0) is 14.1. The normalized spacial score (nSPS) is 12.2. The second-order valence-electron chi connectivity index (χ2n) is 4.09. The van der Waals surface area contributed by atoms with E-state index < -0.39 is 6.04 Å². The number of benzene rings is 1. The number of aryl methyl sites for hydroxylation is 1. The van der Waals surface area contributed by atoms with E-state index in [0.29, 0.717) is 12.4 Å². The molecule has 1 aromatic carbocycles. The highest BCUT2D eigenvalue weighted by Crippen LogP contribution is 2.19. The van der Waals surface area contributed by atoms with Gasteiger partial charge in [0, 0.05) is 22.2 Å². The maximum absolute atomic E-state index is 11.3. The predicted octanol–water partition coefficient (Wildman–Crippen LogP) is 2.71. The molecule has 5 heteroatoms. The molecule has 0 spiro atoms. The van der Waals surface area contributed by atoms with E-state index in [-0.39, 0.29) is 5.97 Å². The van der Waals surface area contributed by atoms with Crippen LogP contribution in [0.2, 0.25) is 0 Å². The molecule has 0 fully saturated rings. The third-order valence-corrected chi connectivity index (χ3v) is 4.76. The van der Waals surface area contributed by atoms with Gasteiger partial charge < -0.3 is 10.5 Å². The van der Waals surface area contributed by atoms with Crippen molar-refractivity contribution >= 4 is 29.5 Å². The van der Waals surface area contributed by atoms with Crippen molar-refractivity contribution in [2.24, 2.45) is 5.73 Å². The van der Waals surface area contributed by atoms with E-state index in [1.807, 2.05) is 11.8 Å². The Balaban J connectivity index is 2.11. The van der Waals surface area contributed by atoms with Crippen molar-refractivity contribution in [3.8, 4) is 0 Å². The Morgan fingerprint density at radius 2 is 2.00 bits per heavy atom. The summed E-state index contributed by atoms with van der Waals surface area (Å²) in [4.78, 5) is 12.6. The summed E-state index contributed by atoms with van der Waals surface area (Å²) < 4.78 is 4.86. The van der Waals surface area contributed by atoms with Gasteiger partial charge >= 0.3 is 5.97 Å². The van der Waals surface area contributed by atoms with Crippen molar-refractivity contribution in [1.29, 1.82) is 0 Å². The molecule has 0 aliphatic carbocycles. The minimum Gasteiger partial charge on any atom is -0.465 e. The lowest BCUT2D eigenvalue weighted by Gasteiger charge is -2.09. The Bertz CT molecular complexity index is 382. The van der Waals surface area contributed by atoms with Crippen LogP contribution >= 0.6 is 23.5 Å². The number of ether oxygens (including phenoxy) is 1. The molecule has 0 aliphatic heterocycles. The lowest BCUT2D eigenvalue weighted by molar-refractivity contribution is -0.144. The first-order valence-corrected chi connectivity index (χ1v) is 8.47. The fraction of sp³-hybridized carbons (Fsp3) is 0.500. The molecule has 2 N–H and O–H groups in total. The van der Waals surface area contributed by atoms with Crippen LogP contribution in [0.4, 0.5) is 0 Å². The Hall–Kier alpha value is -0.650. The van der Waals surface area contributed by atoms with Gasteiger partial charge in [0.25, 0.3) is 0 Å². The third-order valence-electron chi connectivity index (χ3n) is 2.40. The van der Waals surface area contributed by atoms with Crippen molar-refractivity contribution in [3.05, 3.63) is 29.8 Å². The van der Waals surface area contributed by atoms with Crippen LogP contribution < -0.4 is 5.73 Å². The smallest absolute Gasteiger partial charge is 0.323 e. The number of thioether (sulfide) groups is 2. The lowest BCUT2D eigenvalue weighted by Crippen LogP contribution is -2.34. The van der Waals surface area contributed by atoms with Crippen LogP contribution in [0.25, 0.3) is 0 Å². The number of rotatable bonds is 8. The van der Waals surface area contributed by atoms with Gasteiger partial charge in [-0.05, 0) is 26.0 Å². The van der Waals surface area contributed by atoms with Crippen LogP contribution in [0.1, 0.15) is 12.5 Å². The molecule has 0 amide bonds. The predicted molar refractivity (Wildman–Crippen MR) is 83.8 cm³/mol. The van der Waals surface area contributed by atoms with Gasteiger partial charge in [-0.15, -0.1) is 11.8 Å². The van der Waals surface area contributed by atoms with Gasteiger partial charge in [0.15, 0.2) is 0 Å². The van der Waals surface area contributed by atoms with Gasteiger partial charge in [0.2, 0.25) is 0 Å². The number of hydrogen-bond donors (Lipinski definition) is 1. The number of esters is 1. The molecule has 19 heavy (non-hydrogen) atoms. The maximum atomic E-state index is 11.3. The van der Waals surface area contributed by atoms with Crippen LogP contribution in [-0.4, -0.2) is 35.9 Å². The number of carbonyl (C=O) groups is 1. The van der Waals surface area contributed by atoms with Crippen LogP contribution in [0.3, 0.4) is 0 Å². The zero-order valence-corrected chi connectivity index (χ0v) is 13.1. The fourth-order valence-electron chi connectivity index (χ4n) is 1.38. The van der Waals surface area contributed by atoms with Crippen molar-refractivity contribution in [2.75, 3.05) is 23.9 Å². The van der Waals surface area contributed by atoms with Gasteiger partial charge in [-0.2, -0.15) is 11.8 Å². The van der Waals surface area contributed by atoms with E-state index in [1.54, 1.807) is 18.7 Å². The minimum absolute atomic E-state index is 0.304.